The van der Waals surface area contributed by atoms with Crippen LogP contribution in [0.3, 0.4) is 0 Å². The van der Waals surface area contributed by atoms with Gasteiger partial charge in [-0.2, -0.15) is 0 Å². The Morgan fingerprint density at radius 3 is 2.68 bits per heavy atom. The van der Waals surface area contributed by atoms with Crippen LogP contribution in [0, 0.1) is 5.82 Å². The molecule has 31 heavy (non-hydrogen) atoms. The van der Waals surface area contributed by atoms with Crippen molar-refractivity contribution in [2.75, 3.05) is 25.5 Å². The number of likely N-dealkylation sites (N-methyl/N-ethyl adjacent to an activating group) is 1. The fourth-order valence-electron chi connectivity index (χ4n) is 2.93. The molecule has 0 aliphatic heterocycles. The number of aromatic nitrogens is 1. The molecule has 1 atom stereocenters. The van der Waals surface area contributed by atoms with Gasteiger partial charge in [-0.1, -0.05) is 12.1 Å². The Kier molecular flexibility index (Phi) is 7.32. The first kappa shape index (κ1) is 22.4. The highest BCUT2D eigenvalue weighted by Crippen LogP contribution is 2.31. The van der Waals surface area contributed by atoms with Crippen molar-refractivity contribution in [3.05, 3.63) is 71.4 Å². The smallest absolute Gasteiger partial charge is 0.244 e. The number of amides is 2. The highest BCUT2D eigenvalue weighted by molar-refractivity contribution is 7.14. The van der Waals surface area contributed by atoms with Crippen LogP contribution in [0.25, 0.3) is 6.08 Å². The van der Waals surface area contributed by atoms with Crippen molar-refractivity contribution in [2.45, 2.75) is 13.0 Å². The Labute approximate surface area is 183 Å². The Morgan fingerprint density at radius 1 is 1.26 bits per heavy atom. The predicted molar refractivity (Wildman–Crippen MR) is 119 cm³/mol. The molecular formula is C22H23FN4O3S. The number of rotatable bonds is 8. The molecule has 0 fully saturated rings. The van der Waals surface area contributed by atoms with E-state index in [-0.39, 0.29) is 23.5 Å². The Bertz CT molecular complexity index is 1060. The van der Waals surface area contributed by atoms with E-state index in [0.717, 1.165) is 5.76 Å². The molecule has 0 aliphatic rings. The molecule has 1 aromatic carbocycles. The fourth-order valence-corrected chi connectivity index (χ4v) is 3.78. The lowest BCUT2D eigenvalue weighted by atomic mass is 10.2. The summed E-state index contributed by atoms with van der Waals surface area (Å²) in [5.41, 5.74) is 0.623. The zero-order chi connectivity index (χ0) is 22.4. The van der Waals surface area contributed by atoms with Crippen LogP contribution in [0.4, 0.5) is 15.2 Å². The van der Waals surface area contributed by atoms with Gasteiger partial charge in [0.05, 0.1) is 23.7 Å². The summed E-state index contributed by atoms with van der Waals surface area (Å²) in [6.45, 7) is 1.72. The quantitative estimate of drug-likeness (QED) is 0.534. The number of anilines is 2. The van der Waals surface area contributed by atoms with Gasteiger partial charge in [0, 0.05) is 24.9 Å². The van der Waals surface area contributed by atoms with E-state index in [0.29, 0.717) is 17.4 Å². The molecule has 1 N–H and O–H groups in total. The molecule has 9 heteroatoms. The van der Waals surface area contributed by atoms with E-state index in [2.05, 4.69) is 10.3 Å². The summed E-state index contributed by atoms with van der Waals surface area (Å²) in [5, 5.41) is 4.86. The lowest BCUT2D eigenvalue weighted by Gasteiger charge is -2.22. The van der Waals surface area contributed by atoms with Crippen LogP contribution in [-0.4, -0.2) is 42.3 Å². The Hall–Kier alpha value is -3.30. The maximum absolute atomic E-state index is 14.2. The molecular weight excluding hydrogens is 419 g/mol. The number of para-hydroxylation sites is 1. The summed E-state index contributed by atoms with van der Waals surface area (Å²) in [6.07, 6.45) is 4.51. The van der Waals surface area contributed by atoms with Crippen molar-refractivity contribution in [1.29, 1.82) is 0 Å². The van der Waals surface area contributed by atoms with E-state index in [1.165, 1.54) is 41.4 Å². The predicted octanol–water partition coefficient (Wildman–Crippen LogP) is 3.99. The molecule has 3 aromatic rings. The van der Waals surface area contributed by atoms with Crippen molar-refractivity contribution < 1.29 is 18.4 Å². The molecule has 2 heterocycles. The highest BCUT2D eigenvalue weighted by Gasteiger charge is 2.21. The third kappa shape index (κ3) is 5.65. The van der Waals surface area contributed by atoms with Crippen LogP contribution >= 0.6 is 11.3 Å². The number of halogens is 1. The van der Waals surface area contributed by atoms with Crippen LogP contribution in [0.2, 0.25) is 0 Å². The molecule has 0 bridgehead atoms. The molecule has 0 saturated carbocycles. The van der Waals surface area contributed by atoms with Crippen molar-refractivity contribution in [3.63, 3.8) is 0 Å². The van der Waals surface area contributed by atoms with Gasteiger partial charge in [0.1, 0.15) is 11.6 Å². The van der Waals surface area contributed by atoms with E-state index in [1.54, 1.807) is 35.9 Å². The van der Waals surface area contributed by atoms with E-state index >= 15 is 0 Å². The van der Waals surface area contributed by atoms with Crippen LogP contribution in [0.5, 0.6) is 0 Å². The van der Waals surface area contributed by atoms with Crippen molar-refractivity contribution >= 4 is 40.0 Å². The van der Waals surface area contributed by atoms with Gasteiger partial charge >= 0.3 is 0 Å². The first-order valence-electron chi connectivity index (χ1n) is 9.53. The van der Waals surface area contributed by atoms with E-state index in [1.807, 2.05) is 25.1 Å². The minimum atomic E-state index is -0.517. The Morgan fingerprint density at radius 2 is 2.03 bits per heavy atom. The lowest BCUT2D eigenvalue weighted by molar-refractivity contribution is -0.117. The number of carbonyl (C=O) groups is 2. The minimum absolute atomic E-state index is 0.0943. The van der Waals surface area contributed by atoms with Gasteiger partial charge in [0.15, 0.2) is 5.13 Å². The van der Waals surface area contributed by atoms with Crippen LogP contribution < -0.4 is 10.2 Å². The maximum atomic E-state index is 14.2. The standard InChI is InChI=1S/C22H23FN4O3S/c1-15(28)27(18-8-5-4-7-17(18)23)22-25-16(14-31-22)10-11-21(29)24-13-19(26(2)3)20-9-6-12-30-20/h4-12,14,19H,13H2,1-3H3,(H,24,29)/b11-10+. The molecule has 2 aromatic heterocycles. The van der Waals surface area contributed by atoms with Crippen LogP contribution in [-0.2, 0) is 9.59 Å². The fraction of sp³-hybridized carbons (Fsp3) is 0.227. The zero-order valence-electron chi connectivity index (χ0n) is 17.4. The summed E-state index contributed by atoms with van der Waals surface area (Å²) < 4.78 is 19.6. The van der Waals surface area contributed by atoms with Gasteiger partial charge < -0.3 is 9.73 Å². The molecule has 7 nitrogen and oxygen atoms in total. The first-order chi connectivity index (χ1) is 14.9. The lowest BCUT2D eigenvalue weighted by Crippen LogP contribution is -2.33. The SMILES string of the molecule is CC(=O)N(c1nc(/C=C/C(=O)NCC(c2ccco2)N(C)C)cs1)c1ccccc1F. The maximum Gasteiger partial charge on any atom is 0.244 e. The second-order valence-electron chi connectivity index (χ2n) is 6.93. The number of hydrogen-bond donors (Lipinski definition) is 1. The summed E-state index contributed by atoms with van der Waals surface area (Å²) in [7, 11) is 3.81. The number of thiazole rings is 1. The number of nitrogens with zero attached hydrogens (tertiary/aromatic N) is 3. The van der Waals surface area contributed by atoms with E-state index < -0.39 is 5.82 Å². The third-order valence-corrected chi connectivity index (χ3v) is 5.32. The zero-order valence-corrected chi connectivity index (χ0v) is 18.2. The van der Waals surface area contributed by atoms with Crippen LogP contribution in [0.1, 0.15) is 24.4 Å². The molecule has 0 aliphatic carbocycles. The van der Waals surface area contributed by atoms with Gasteiger partial charge in [-0.05, 0) is 44.4 Å². The van der Waals surface area contributed by atoms with Gasteiger partial charge in [-0.15, -0.1) is 11.3 Å². The topological polar surface area (TPSA) is 78.7 Å². The Balaban J connectivity index is 1.66. The third-order valence-electron chi connectivity index (χ3n) is 4.48. The number of hydrogen-bond acceptors (Lipinski definition) is 6. The first-order valence-corrected chi connectivity index (χ1v) is 10.4. The monoisotopic (exact) mass is 442 g/mol. The average Bonchev–Trinajstić information content (AvgIpc) is 3.40. The molecule has 0 spiro atoms. The normalized spacial score (nSPS) is 12.3. The van der Waals surface area contributed by atoms with Crippen molar-refractivity contribution in [1.82, 2.24) is 15.2 Å². The van der Waals surface area contributed by atoms with Crippen LogP contribution in [0.15, 0.2) is 58.5 Å². The second-order valence-corrected chi connectivity index (χ2v) is 7.77. The van der Waals surface area contributed by atoms with Gasteiger partial charge in [0.2, 0.25) is 11.8 Å². The highest BCUT2D eigenvalue weighted by atomic mass is 32.1. The molecule has 0 radical (unpaired) electrons. The summed E-state index contributed by atoms with van der Waals surface area (Å²) >= 11 is 1.19. The molecule has 3 rings (SSSR count). The molecule has 1 unspecified atom stereocenters. The summed E-state index contributed by atoms with van der Waals surface area (Å²) in [6, 6.07) is 9.58. The molecule has 0 saturated heterocycles. The number of nitrogens with one attached hydrogen (secondary N) is 1. The average molecular weight is 443 g/mol. The number of furan rings is 1. The molecule has 2 amide bonds. The van der Waals surface area contributed by atoms with Gasteiger partial charge in [-0.25, -0.2) is 9.37 Å². The van der Waals surface area contributed by atoms with Crippen molar-refractivity contribution in [2.24, 2.45) is 0 Å². The van der Waals surface area contributed by atoms with Gasteiger partial charge in [0.25, 0.3) is 0 Å². The second kappa shape index (κ2) is 10.1. The van der Waals surface area contributed by atoms with Crippen molar-refractivity contribution in [3.8, 4) is 0 Å². The molecule has 162 valence electrons. The minimum Gasteiger partial charge on any atom is -0.468 e. The largest absolute Gasteiger partial charge is 0.468 e. The summed E-state index contributed by atoms with van der Waals surface area (Å²) in [4.78, 5) is 31.9. The van der Waals surface area contributed by atoms with E-state index in [4.69, 9.17) is 4.42 Å². The number of benzene rings is 1. The van der Waals surface area contributed by atoms with E-state index in [9.17, 15) is 14.0 Å². The number of carbonyl (C=O) groups excluding carboxylic acids is 2. The summed E-state index contributed by atoms with van der Waals surface area (Å²) in [5.74, 6) is -0.405. The van der Waals surface area contributed by atoms with Gasteiger partial charge in [-0.3, -0.25) is 19.4 Å².